The van der Waals surface area contributed by atoms with E-state index in [9.17, 15) is 9.59 Å². The summed E-state index contributed by atoms with van der Waals surface area (Å²) in [6, 6.07) is 8.22. The Labute approximate surface area is 137 Å². The third kappa shape index (κ3) is 3.55. The summed E-state index contributed by atoms with van der Waals surface area (Å²) in [5.74, 6) is -0.848. The van der Waals surface area contributed by atoms with Gasteiger partial charge in [-0.15, -0.1) is 0 Å². The Morgan fingerprint density at radius 3 is 2.57 bits per heavy atom. The van der Waals surface area contributed by atoms with Crippen LogP contribution in [0, 0.1) is 18.3 Å². The lowest BCUT2D eigenvalue weighted by atomic mass is 10.1. The molecule has 6 nitrogen and oxygen atoms in total. The van der Waals surface area contributed by atoms with E-state index in [1.54, 1.807) is 49.7 Å². The third-order valence-electron chi connectivity index (χ3n) is 3.23. The number of carbonyl (C=O) groups excluding carboxylic acids is 2. The minimum absolute atomic E-state index is 0.288. The summed E-state index contributed by atoms with van der Waals surface area (Å²) in [6.45, 7) is 3.80. The first kappa shape index (κ1) is 16.6. The number of aromatic nitrogens is 1. The summed E-state index contributed by atoms with van der Waals surface area (Å²) in [5.41, 5.74) is 1.55. The number of esters is 1. The van der Waals surface area contributed by atoms with Gasteiger partial charge in [0.15, 0.2) is 4.80 Å². The fraction of sp³-hybridized carbons (Fsp3) is 0.250. The van der Waals surface area contributed by atoms with Crippen LogP contribution in [0.4, 0.5) is 0 Å². The van der Waals surface area contributed by atoms with Crippen LogP contribution in [0.2, 0.25) is 0 Å². The largest absolute Gasteiger partial charge is 0.462 e. The molecule has 23 heavy (non-hydrogen) atoms. The van der Waals surface area contributed by atoms with Crippen molar-refractivity contribution in [3.63, 3.8) is 0 Å². The van der Waals surface area contributed by atoms with Crippen molar-refractivity contribution >= 4 is 23.2 Å². The van der Waals surface area contributed by atoms with E-state index in [4.69, 9.17) is 10.00 Å². The standard InChI is InChI=1S/C16H15N3O3S/c1-4-22-15(21)13-10(2)19(3)16(23-13)18-14(20)12-7-5-11(9-17)6-8-12/h5-8H,4H2,1-3H3. The van der Waals surface area contributed by atoms with Gasteiger partial charge >= 0.3 is 5.97 Å². The summed E-state index contributed by atoms with van der Waals surface area (Å²) in [6.07, 6.45) is 0. The second kappa shape index (κ2) is 7.03. The smallest absolute Gasteiger partial charge is 0.350 e. The minimum atomic E-state index is -0.429. The van der Waals surface area contributed by atoms with Gasteiger partial charge in [0, 0.05) is 18.3 Å². The molecule has 2 aromatic rings. The van der Waals surface area contributed by atoms with Crippen LogP contribution >= 0.6 is 11.3 Å². The molecule has 0 saturated carbocycles. The van der Waals surface area contributed by atoms with Gasteiger partial charge in [-0.2, -0.15) is 10.3 Å². The molecular weight excluding hydrogens is 314 g/mol. The van der Waals surface area contributed by atoms with Gasteiger partial charge in [0.1, 0.15) is 4.88 Å². The number of nitriles is 1. The highest BCUT2D eigenvalue weighted by molar-refractivity contribution is 7.11. The van der Waals surface area contributed by atoms with Crippen molar-refractivity contribution in [3.8, 4) is 6.07 Å². The van der Waals surface area contributed by atoms with E-state index in [1.807, 2.05) is 6.07 Å². The summed E-state index contributed by atoms with van der Waals surface area (Å²) < 4.78 is 6.67. The maximum absolute atomic E-state index is 12.2. The van der Waals surface area contributed by atoms with Crippen LogP contribution < -0.4 is 4.80 Å². The number of ether oxygens (including phenoxy) is 1. The Morgan fingerprint density at radius 2 is 2.00 bits per heavy atom. The van der Waals surface area contributed by atoms with Crippen molar-refractivity contribution in [3.05, 3.63) is 50.8 Å². The average Bonchev–Trinajstić information content (AvgIpc) is 2.83. The second-order valence-electron chi connectivity index (χ2n) is 4.68. The first-order valence-electron chi connectivity index (χ1n) is 6.90. The highest BCUT2D eigenvalue weighted by Gasteiger charge is 2.16. The molecule has 0 N–H and O–H groups in total. The molecule has 0 radical (unpaired) electrons. The van der Waals surface area contributed by atoms with Crippen LogP contribution in [0.25, 0.3) is 0 Å². The predicted molar refractivity (Wildman–Crippen MR) is 85.0 cm³/mol. The van der Waals surface area contributed by atoms with E-state index in [0.29, 0.717) is 26.5 Å². The first-order valence-corrected chi connectivity index (χ1v) is 7.72. The monoisotopic (exact) mass is 329 g/mol. The van der Waals surface area contributed by atoms with Crippen LogP contribution in [-0.4, -0.2) is 23.1 Å². The molecule has 0 aliphatic heterocycles. The molecule has 0 spiro atoms. The molecule has 0 bridgehead atoms. The van der Waals surface area contributed by atoms with Crippen molar-refractivity contribution in [1.82, 2.24) is 4.57 Å². The minimum Gasteiger partial charge on any atom is -0.462 e. The zero-order chi connectivity index (χ0) is 17.0. The number of benzene rings is 1. The molecule has 0 atom stereocenters. The average molecular weight is 329 g/mol. The van der Waals surface area contributed by atoms with E-state index in [0.717, 1.165) is 11.3 Å². The van der Waals surface area contributed by atoms with Crippen molar-refractivity contribution in [2.75, 3.05) is 6.61 Å². The Kier molecular flexibility index (Phi) is 5.09. The third-order valence-corrected chi connectivity index (χ3v) is 4.44. The number of hydrogen-bond acceptors (Lipinski definition) is 5. The van der Waals surface area contributed by atoms with Gasteiger partial charge < -0.3 is 9.30 Å². The number of amides is 1. The molecule has 2 rings (SSSR count). The maximum atomic E-state index is 12.2. The van der Waals surface area contributed by atoms with E-state index < -0.39 is 11.9 Å². The Morgan fingerprint density at radius 1 is 1.35 bits per heavy atom. The molecule has 7 heteroatoms. The highest BCUT2D eigenvalue weighted by Crippen LogP contribution is 2.13. The fourth-order valence-corrected chi connectivity index (χ4v) is 2.86. The van der Waals surface area contributed by atoms with E-state index in [1.165, 1.54) is 0 Å². The van der Waals surface area contributed by atoms with E-state index >= 15 is 0 Å². The topological polar surface area (TPSA) is 84.4 Å². The molecular formula is C16H15N3O3S. The number of thiazole rings is 1. The number of carbonyl (C=O) groups is 2. The van der Waals surface area contributed by atoms with Gasteiger partial charge in [-0.25, -0.2) is 4.79 Å². The lowest BCUT2D eigenvalue weighted by molar-refractivity contribution is 0.0530. The summed E-state index contributed by atoms with van der Waals surface area (Å²) in [4.78, 5) is 29.0. The lowest BCUT2D eigenvalue weighted by Crippen LogP contribution is -2.14. The molecule has 1 heterocycles. The molecule has 1 aromatic carbocycles. The highest BCUT2D eigenvalue weighted by atomic mass is 32.1. The second-order valence-corrected chi connectivity index (χ2v) is 5.66. The number of rotatable bonds is 3. The lowest BCUT2D eigenvalue weighted by Gasteiger charge is -2.00. The summed E-state index contributed by atoms with van der Waals surface area (Å²) in [7, 11) is 1.74. The van der Waals surface area contributed by atoms with Gasteiger partial charge in [-0.3, -0.25) is 4.79 Å². The Bertz CT molecular complexity index is 854. The molecule has 1 amide bonds. The summed E-state index contributed by atoms with van der Waals surface area (Å²) in [5, 5.41) is 8.76. The molecule has 1 aromatic heterocycles. The molecule has 0 fully saturated rings. The zero-order valence-corrected chi connectivity index (χ0v) is 13.8. The SMILES string of the molecule is CCOC(=O)c1sc(=NC(=O)c2ccc(C#N)cc2)n(C)c1C. The van der Waals surface area contributed by atoms with Gasteiger partial charge in [-0.1, -0.05) is 11.3 Å². The normalized spacial score (nSPS) is 11.1. The van der Waals surface area contributed by atoms with Crippen molar-refractivity contribution in [1.29, 1.82) is 5.26 Å². The van der Waals surface area contributed by atoms with Crippen molar-refractivity contribution in [2.45, 2.75) is 13.8 Å². The van der Waals surface area contributed by atoms with Gasteiger partial charge in [0.2, 0.25) is 0 Å². The van der Waals surface area contributed by atoms with Crippen LogP contribution in [0.1, 0.15) is 38.2 Å². The zero-order valence-electron chi connectivity index (χ0n) is 13.0. The summed E-state index contributed by atoms with van der Waals surface area (Å²) >= 11 is 1.11. The molecule has 0 unspecified atom stereocenters. The molecule has 0 saturated heterocycles. The molecule has 118 valence electrons. The Hall–Kier alpha value is -2.72. The van der Waals surface area contributed by atoms with Crippen LogP contribution in [0.15, 0.2) is 29.3 Å². The van der Waals surface area contributed by atoms with Crippen LogP contribution in [0.3, 0.4) is 0 Å². The number of hydrogen-bond donors (Lipinski definition) is 0. The first-order chi connectivity index (χ1) is 11.0. The quantitative estimate of drug-likeness (QED) is 0.808. The van der Waals surface area contributed by atoms with Crippen molar-refractivity contribution in [2.24, 2.45) is 12.0 Å². The van der Waals surface area contributed by atoms with Crippen molar-refractivity contribution < 1.29 is 14.3 Å². The molecule has 0 aliphatic carbocycles. The molecule has 0 aliphatic rings. The van der Waals surface area contributed by atoms with Crippen LogP contribution in [0.5, 0.6) is 0 Å². The predicted octanol–water partition coefficient (Wildman–Crippen LogP) is 2.18. The van der Waals surface area contributed by atoms with E-state index in [-0.39, 0.29) is 6.61 Å². The van der Waals surface area contributed by atoms with Gasteiger partial charge in [0.25, 0.3) is 5.91 Å². The van der Waals surface area contributed by atoms with Crippen LogP contribution in [-0.2, 0) is 11.8 Å². The fourth-order valence-electron chi connectivity index (χ4n) is 1.85. The Balaban J connectivity index is 2.39. The van der Waals surface area contributed by atoms with E-state index in [2.05, 4.69) is 4.99 Å². The maximum Gasteiger partial charge on any atom is 0.350 e. The van der Waals surface area contributed by atoms with Gasteiger partial charge in [0.05, 0.1) is 18.2 Å². The number of nitrogens with zero attached hydrogens (tertiary/aromatic N) is 3. The van der Waals surface area contributed by atoms with Gasteiger partial charge in [-0.05, 0) is 38.1 Å².